The first kappa shape index (κ1) is 14.6. The Labute approximate surface area is 94.5 Å². The number of esters is 1. The second kappa shape index (κ2) is 6.95. The Morgan fingerprint density at radius 2 is 1.94 bits per heavy atom. The van der Waals surface area contributed by atoms with Gasteiger partial charge in [0.25, 0.3) is 0 Å². The van der Waals surface area contributed by atoms with Gasteiger partial charge in [0.15, 0.2) is 0 Å². The highest BCUT2D eigenvalue weighted by Crippen LogP contribution is 2.01. The highest BCUT2D eigenvalue weighted by molar-refractivity contribution is 5.87. The fourth-order valence-electron chi connectivity index (χ4n) is 1.04. The number of methoxy groups -OCH3 is 1. The summed E-state index contributed by atoms with van der Waals surface area (Å²) in [6.45, 7) is 2.93. The highest BCUT2D eigenvalue weighted by atomic mass is 16.5. The zero-order valence-electron chi connectivity index (χ0n) is 9.78. The maximum atomic E-state index is 11.3. The van der Waals surface area contributed by atoms with Crippen molar-refractivity contribution in [3.05, 3.63) is 0 Å². The molecule has 0 bridgehead atoms. The number of ketones is 1. The monoisotopic (exact) mass is 230 g/mol. The molecule has 0 saturated carbocycles. The van der Waals surface area contributed by atoms with Gasteiger partial charge in [0.2, 0.25) is 5.91 Å². The molecule has 0 unspecified atom stereocenters. The quantitative estimate of drug-likeness (QED) is 0.591. The molecule has 0 aliphatic heterocycles. The maximum Gasteiger partial charge on any atom is 0.328 e. The van der Waals surface area contributed by atoms with E-state index in [9.17, 15) is 14.4 Å². The highest BCUT2D eigenvalue weighted by Gasteiger charge is 2.22. The summed E-state index contributed by atoms with van der Waals surface area (Å²) in [5, 5.41) is 2.43. The molecule has 0 heterocycles. The first-order valence-electron chi connectivity index (χ1n) is 5.01. The fraction of sp³-hybridized carbons (Fsp3) is 0.700. The molecule has 0 saturated heterocycles. The SMILES string of the molecule is COC(=O)[C@H](CCC(C)=O)NC(=O)[C@H](C)N. The van der Waals surface area contributed by atoms with E-state index in [1.54, 1.807) is 0 Å². The Kier molecular flexibility index (Phi) is 6.32. The minimum Gasteiger partial charge on any atom is -0.467 e. The average Bonchev–Trinajstić information content (AvgIpc) is 2.22. The lowest BCUT2D eigenvalue weighted by Crippen LogP contribution is -2.47. The van der Waals surface area contributed by atoms with Crippen molar-refractivity contribution in [2.24, 2.45) is 5.73 Å². The van der Waals surface area contributed by atoms with E-state index in [-0.39, 0.29) is 18.6 Å². The number of carbonyl (C=O) groups is 3. The van der Waals surface area contributed by atoms with E-state index in [4.69, 9.17) is 5.73 Å². The van der Waals surface area contributed by atoms with Crippen LogP contribution in [0, 0.1) is 0 Å². The van der Waals surface area contributed by atoms with Crippen LogP contribution in [0.1, 0.15) is 26.7 Å². The summed E-state index contributed by atoms with van der Waals surface area (Å²) in [5.74, 6) is -1.07. The number of hydrogen-bond acceptors (Lipinski definition) is 5. The third-order valence-electron chi connectivity index (χ3n) is 2.00. The molecular formula is C10H18N2O4. The van der Waals surface area contributed by atoms with Crippen LogP contribution in [0.3, 0.4) is 0 Å². The van der Waals surface area contributed by atoms with Crippen molar-refractivity contribution in [3.63, 3.8) is 0 Å². The zero-order chi connectivity index (χ0) is 12.7. The lowest BCUT2D eigenvalue weighted by atomic mass is 10.1. The molecule has 0 radical (unpaired) electrons. The third kappa shape index (κ3) is 5.45. The van der Waals surface area contributed by atoms with E-state index in [0.717, 1.165) is 0 Å². The van der Waals surface area contributed by atoms with Crippen molar-refractivity contribution in [1.29, 1.82) is 0 Å². The number of rotatable bonds is 6. The first-order valence-corrected chi connectivity index (χ1v) is 5.01. The van der Waals surface area contributed by atoms with Crippen LogP contribution in [0.2, 0.25) is 0 Å². The summed E-state index contributed by atoms with van der Waals surface area (Å²) < 4.78 is 4.52. The van der Waals surface area contributed by atoms with Crippen molar-refractivity contribution >= 4 is 17.7 Å². The van der Waals surface area contributed by atoms with Gasteiger partial charge in [0.1, 0.15) is 11.8 Å². The lowest BCUT2D eigenvalue weighted by Gasteiger charge is -2.17. The van der Waals surface area contributed by atoms with Gasteiger partial charge in [-0.25, -0.2) is 4.79 Å². The molecule has 0 aromatic heterocycles. The number of nitrogens with two attached hydrogens (primary N) is 1. The number of nitrogens with one attached hydrogen (secondary N) is 1. The molecule has 2 atom stereocenters. The van der Waals surface area contributed by atoms with Gasteiger partial charge in [-0.05, 0) is 20.3 Å². The smallest absolute Gasteiger partial charge is 0.328 e. The number of ether oxygens (including phenoxy) is 1. The second-order valence-electron chi connectivity index (χ2n) is 3.61. The van der Waals surface area contributed by atoms with Gasteiger partial charge < -0.3 is 20.6 Å². The minimum atomic E-state index is -0.813. The van der Waals surface area contributed by atoms with Crippen LogP contribution in [0.5, 0.6) is 0 Å². The van der Waals surface area contributed by atoms with E-state index in [1.165, 1.54) is 21.0 Å². The molecule has 6 heteroatoms. The van der Waals surface area contributed by atoms with Gasteiger partial charge in [-0.3, -0.25) is 4.79 Å². The van der Waals surface area contributed by atoms with Gasteiger partial charge in [-0.1, -0.05) is 0 Å². The van der Waals surface area contributed by atoms with Crippen LogP contribution in [0.15, 0.2) is 0 Å². The Hall–Kier alpha value is -1.43. The van der Waals surface area contributed by atoms with E-state index in [1.807, 2.05) is 0 Å². The van der Waals surface area contributed by atoms with Gasteiger partial charge in [0, 0.05) is 6.42 Å². The molecule has 6 nitrogen and oxygen atoms in total. The van der Waals surface area contributed by atoms with Gasteiger partial charge >= 0.3 is 5.97 Å². The maximum absolute atomic E-state index is 11.3. The molecule has 0 spiro atoms. The topological polar surface area (TPSA) is 98.5 Å². The number of amides is 1. The molecule has 0 aliphatic rings. The Morgan fingerprint density at radius 3 is 2.31 bits per heavy atom. The van der Waals surface area contributed by atoms with Gasteiger partial charge in [0.05, 0.1) is 13.2 Å². The van der Waals surface area contributed by atoms with Crippen molar-refractivity contribution in [2.75, 3.05) is 7.11 Å². The Bertz CT molecular complexity index is 276. The van der Waals surface area contributed by atoms with Crippen molar-refractivity contribution in [2.45, 2.75) is 38.8 Å². The van der Waals surface area contributed by atoms with Crippen LogP contribution in [0.4, 0.5) is 0 Å². The molecular weight excluding hydrogens is 212 g/mol. The Balaban J connectivity index is 4.37. The van der Waals surface area contributed by atoms with E-state index >= 15 is 0 Å². The lowest BCUT2D eigenvalue weighted by molar-refractivity contribution is -0.145. The van der Waals surface area contributed by atoms with E-state index < -0.39 is 24.0 Å². The molecule has 0 rings (SSSR count). The van der Waals surface area contributed by atoms with Crippen LogP contribution in [-0.2, 0) is 19.1 Å². The standard InChI is InChI=1S/C10H18N2O4/c1-6(13)4-5-8(10(15)16-3)12-9(14)7(2)11/h7-8H,4-5,11H2,1-3H3,(H,12,14)/t7-,8-/m0/s1. The van der Waals surface area contributed by atoms with Gasteiger partial charge in [-0.15, -0.1) is 0 Å². The number of carbonyl (C=O) groups excluding carboxylic acids is 3. The first-order chi connectivity index (χ1) is 7.38. The average molecular weight is 230 g/mol. The molecule has 0 aromatic rings. The molecule has 16 heavy (non-hydrogen) atoms. The molecule has 0 aromatic carbocycles. The molecule has 0 aliphatic carbocycles. The molecule has 92 valence electrons. The summed E-state index contributed by atoms with van der Waals surface area (Å²) in [4.78, 5) is 33.4. The second-order valence-corrected chi connectivity index (χ2v) is 3.61. The molecule has 1 amide bonds. The predicted molar refractivity (Wildman–Crippen MR) is 57.5 cm³/mol. The summed E-state index contributed by atoms with van der Waals surface area (Å²) >= 11 is 0. The van der Waals surface area contributed by atoms with Crippen LogP contribution in [0.25, 0.3) is 0 Å². The van der Waals surface area contributed by atoms with Crippen LogP contribution in [-0.4, -0.2) is 36.9 Å². The number of Topliss-reactive ketones (excluding diaryl/α,β-unsaturated/α-hetero) is 1. The summed E-state index contributed by atoms with van der Waals surface area (Å²) in [5.41, 5.74) is 5.35. The zero-order valence-corrected chi connectivity index (χ0v) is 9.78. The minimum absolute atomic E-state index is 0.0519. The van der Waals surface area contributed by atoms with E-state index in [2.05, 4.69) is 10.1 Å². The fourth-order valence-corrected chi connectivity index (χ4v) is 1.04. The summed E-state index contributed by atoms with van der Waals surface area (Å²) in [6, 6.07) is -1.52. The predicted octanol–water partition coefficient (Wildman–Crippen LogP) is -0.639. The summed E-state index contributed by atoms with van der Waals surface area (Å²) in [7, 11) is 1.22. The Morgan fingerprint density at radius 1 is 1.38 bits per heavy atom. The molecule has 0 fully saturated rings. The van der Waals surface area contributed by atoms with Gasteiger partial charge in [-0.2, -0.15) is 0 Å². The normalized spacial score (nSPS) is 13.8. The molecule has 3 N–H and O–H groups in total. The third-order valence-corrected chi connectivity index (χ3v) is 2.00. The van der Waals surface area contributed by atoms with E-state index in [0.29, 0.717) is 0 Å². The number of hydrogen-bond donors (Lipinski definition) is 2. The largest absolute Gasteiger partial charge is 0.467 e. The van der Waals surface area contributed by atoms with Crippen LogP contribution >= 0.6 is 0 Å². The summed E-state index contributed by atoms with van der Waals surface area (Å²) in [6.07, 6.45) is 0.430. The van der Waals surface area contributed by atoms with Crippen LogP contribution < -0.4 is 11.1 Å². The van der Waals surface area contributed by atoms with Crippen molar-refractivity contribution in [3.8, 4) is 0 Å². The van der Waals surface area contributed by atoms with Crippen molar-refractivity contribution < 1.29 is 19.1 Å². The van der Waals surface area contributed by atoms with Crippen molar-refractivity contribution in [1.82, 2.24) is 5.32 Å².